The Morgan fingerprint density at radius 2 is 2.14 bits per heavy atom. The van der Waals surface area contributed by atoms with Crippen LogP contribution in [0.15, 0.2) is 30.6 Å². The number of ether oxygens (including phenoxy) is 1. The third kappa shape index (κ3) is 3.33. The molecule has 0 radical (unpaired) electrons. The molecule has 0 fully saturated rings. The van der Waals surface area contributed by atoms with Gasteiger partial charge in [0.15, 0.2) is 0 Å². The predicted octanol–water partition coefficient (Wildman–Crippen LogP) is 2.24. The number of nitrogens with zero attached hydrogens (tertiary/aromatic N) is 2. The van der Waals surface area contributed by atoms with Gasteiger partial charge in [0, 0.05) is 6.20 Å². The highest BCUT2D eigenvalue weighted by Gasteiger charge is 2.32. The van der Waals surface area contributed by atoms with E-state index in [2.05, 4.69) is 5.10 Å². The number of nitrogens with two attached hydrogens (primary N) is 1. The SMILES string of the molecule is COc1cc(Cn2cc(C(F)(F)F)cn2)ccc1C(=N)N. The van der Waals surface area contributed by atoms with Gasteiger partial charge in [0.05, 0.1) is 31.0 Å². The minimum atomic E-state index is -4.41. The van der Waals surface area contributed by atoms with Gasteiger partial charge in [-0.05, 0) is 17.7 Å². The minimum absolute atomic E-state index is 0.142. The number of aromatic nitrogens is 2. The van der Waals surface area contributed by atoms with Gasteiger partial charge in [0.1, 0.15) is 11.6 Å². The summed E-state index contributed by atoms with van der Waals surface area (Å²) in [6.45, 7) is 0.157. The summed E-state index contributed by atoms with van der Waals surface area (Å²) in [6, 6.07) is 4.87. The van der Waals surface area contributed by atoms with Gasteiger partial charge in [-0.3, -0.25) is 10.1 Å². The quantitative estimate of drug-likeness (QED) is 0.671. The fourth-order valence-corrected chi connectivity index (χ4v) is 1.84. The third-order valence-corrected chi connectivity index (χ3v) is 2.86. The Balaban J connectivity index is 2.24. The van der Waals surface area contributed by atoms with E-state index in [1.54, 1.807) is 18.2 Å². The topological polar surface area (TPSA) is 76.9 Å². The normalized spacial score (nSPS) is 11.4. The fraction of sp³-hybridized carbons (Fsp3) is 0.231. The van der Waals surface area contributed by atoms with Crippen LogP contribution in [-0.2, 0) is 12.7 Å². The van der Waals surface area contributed by atoms with Crippen LogP contribution < -0.4 is 10.5 Å². The van der Waals surface area contributed by atoms with Gasteiger partial charge in [-0.25, -0.2) is 0 Å². The van der Waals surface area contributed by atoms with Crippen molar-refractivity contribution < 1.29 is 17.9 Å². The Morgan fingerprint density at radius 3 is 2.67 bits per heavy atom. The third-order valence-electron chi connectivity index (χ3n) is 2.86. The van der Waals surface area contributed by atoms with E-state index in [-0.39, 0.29) is 12.4 Å². The standard InChI is InChI=1S/C13H13F3N4O/c1-21-11-4-8(2-3-10(11)12(17)18)6-20-7-9(5-19-20)13(14,15)16/h2-5,7H,6H2,1H3,(H3,17,18). The molecule has 0 aliphatic carbocycles. The van der Waals surface area contributed by atoms with Crippen molar-refractivity contribution >= 4 is 5.84 Å². The molecule has 112 valence electrons. The summed E-state index contributed by atoms with van der Waals surface area (Å²) in [5.41, 5.74) is 5.73. The van der Waals surface area contributed by atoms with Gasteiger partial charge in [0.2, 0.25) is 0 Å². The average molecular weight is 298 g/mol. The van der Waals surface area contributed by atoms with Crippen LogP contribution in [0.4, 0.5) is 13.2 Å². The summed E-state index contributed by atoms with van der Waals surface area (Å²) in [7, 11) is 1.43. The molecule has 1 aromatic carbocycles. The van der Waals surface area contributed by atoms with Crippen LogP contribution in [0.2, 0.25) is 0 Å². The van der Waals surface area contributed by atoms with E-state index in [0.29, 0.717) is 16.9 Å². The zero-order valence-electron chi connectivity index (χ0n) is 11.1. The summed E-state index contributed by atoms with van der Waals surface area (Å²) in [5.74, 6) is 0.250. The van der Waals surface area contributed by atoms with E-state index < -0.39 is 11.7 Å². The maximum atomic E-state index is 12.5. The van der Waals surface area contributed by atoms with Crippen molar-refractivity contribution in [3.05, 3.63) is 47.3 Å². The monoisotopic (exact) mass is 298 g/mol. The Hall–Kier alpha value is -2.51. The largest absolute Gasteiger partial charge is 0.496 e. The van der Waals surface area contributed by atoms with Gasteiger partial charge < -0.3 is 10.5 Å². The molecule has 5 nitrogen and oxygen atoms in total. The van der Waals surface area contributed by atoms with Crippen molar-refractivity contribution in [3.8, 4) is 5.75 Å². The van der Waals surface area contributed by atoms with Crippen molar-refractivity contribution in [2.45, 2.75) is 12.7 Å². The molecule has 0 saturated carbocycles. The number of benzene rings is 1. The number of nitrogens with one attached hydrogen (secondary N) is 1. The number of methoxy groups -OCH3 is 1. The molecule has 1 heterocycles. The molecule has 0 saturated heterocycles. The van der Waals surface area contributed by atoms with Crippen LogP contribution >= 0.6 is 0 Å². The molecule has 0 aliphatic rings. The van der Waals surface area contributed by atoms with Crippen LogP contribution in [-0.4, -0.2) is 22.7 Å². The molecule has 0 atom stereocenters. The summed E-state index contributed by atoms with van der Waals surface area (Å²) < 4.78 is 43.8. The molecule has 0 spiro atoms. The molecular formula is C13H13F3N4O. The molecule has 0 amide bonds. The van der Waals surface area contributed by atoms with Crippen LogP contribution in [0.1, 0.15) is 16.7 Å². The maximum Gasteiger partial charge on any atom is 0.419 e. The average Bonchev–Trinajstić information content (AvgIpc) is 2.86. The van der Waals surface area contributed by atoms with Crippen LogP contribution in [0.5, 0.6) is 5.75 Å². The molecule has 0 unspecified atom stereocenters. The zero-order valence-corrected chi connectivity index (χ0v) is 11.1. The van der Waals surface area contributed by atoms with Gasteiger partial charge in [-0.1, -0.05) is 6.07 Å². The lowest BCUT2D eigenvalue weighted by molar-refractivity contribution is -0.137. The molecule has 1 aromatic heterocycles. The second kappa shape index (κ2) is 5.47. The highest BCUT2D eigenvalue weighted by molar-refractivity contribution is 5.97. The van der Waals surface area contributed by atoms with Crippen LogP contribution in [0.25, 0.3) is 0 Å². The van der Waals surface area contributed by atoms with Gasteiger partial charge in [-0.2, -0.15) is 18.3 Å². The van der Waals surface area contributed by atoms with Crippen molar-refractivity contribution in [3.63, 3.8) is 0 Å². The second-order valence-electron chi connectivity index (χ2n) is 4.37. The highest BCUT2D eigenvalue weighted by Crippen LogP contribution is 2.28. The maximum absolute atomic E-state index is 12.5. The number of nitrogen functional groups attached to an aromatic ring is 1. The first-order valence-electron chi connectivity index (χ1n) is 5.92. The number of hydrogen-bond donors (Lipinski definition) is 2. The minimum Gasteiger partial charge on any atom is -0.496 e. The van der Waals surface area contributed by atoms with Crippen LogP contribution in [0.3, 0.4) is 0 Å². The van der Waals surface area contributed by atoms with Crippen molar-refractivity contribution in [2.75, 3.05) is 7.11 Å². The lowest BCUT2D eigenvalue weighted by Crippen LogP contribution is -2.13. The number of hydrogen-bond acceptors (Lipinski definition) is 3. The summed E-state index contributed by atoms with van der Waals surface area (Å²) in [4.78, 5) is 0. The Labute approximate surface area is 118 Å². The molecule has 0 aliphatic heterocycles. The number of rotatable bonds is 4. The van der Waals surface area contributed by atoms with E-state index in [0.717, 1.165) is 12.4 Å². The van der Waals surface area contributed by atoms with Crippen LogP contribution in [0, 0.1) is 5.41 Å². The molecule has 21 heavy (non-hydrogen) atoms. The first-order chi connectivity index (χ1) is 9.81. The Morgan fingerprint density at radius 1 is 1.43 bits per heavy atom. The molecule has 2 aromatic rings. The van der Waals surface area contributed by atoms with E-state index in [4.69, 9.17) is 15.9 Å². The van der Waals surface area contributed by atoms with Crippen molar-refractivity contribution in [1.82, 2.24) is 9.78 Å². The highest BCUT2D eigenvalue weighted by atomic mass is 19.4. The summed E-state index contributed by atoms with van der Waals surface area (Å²) in [6.07, 6.45) is -2.69. The van der Waals surface area contributed by atoms with Gasteiger partial charge in [0.25, 0.3) is 0 Å². The van der Waals surface area contributed by atoms with E-state index >= 15 is 0 Å². The Kier molecular flexibility index (Phi) is 3.88. The number of amidine groups is 1. The summed E-state index contributed by atoms with van der Waals surface area (Å²) >= 11 is 0. The molecule has 2 rings (SSSR count). The van der Waals surface area contributed by atoms with Crippen molar-refractivity contribution in [1.29, 1.82) is 5.41 Å². The van der Waals surface area contributed by atoms with Gasteiger partial charge >= 0.3 is 6.18 Å². The summed E-state index contributed by atoms with van der Waals surface area (Å²) in [5, 5.41) is 11.1. The number of alkyl halides is 3. The molecular weight excluding hydrogens is 285 g/mol. The lowest BCUT2D eigenvalue weighted by atomic mass is 10.1. The molecule has 8 heteroatoms. The smallest absolute Gasteiger partial charge is 0.419 e. The lowest BCUT2D eigenvalue weighted by Gasteiger charge is -2.09. The van der Waals surface area contributed by atoms with E-state index in [1.165, 1.54) is 11.8 Å². The first kappa shape index (κ1) is 14.9. The Bertz CT molecular complexity index is 664. The fourth-order valence-electron chi connectivity index (χ4n) is 1.84. The zero-order chi connectivity index (χ0) is 15.6. The molecule has 3 N–H and O–H groups in total. The van der Waals surface area contributed by atoms with Crippen molar-refractivity contribution in [2.24, 2.45) is 5.73 Å². The van der Waals surface area contributed by atoms with Gasteiger partial charge in [-0.15, -0.1) is 0 Å². The van der Waals surface area contributed by atoms with E-state index in [1.807, 2.05) is 0 Å². The van der Waals surface area contributed by atoms with E-state index in [9.17, 15) is 13.2 Å². The molecule has 0 bridgehead atoms. The second-order valence-corrected chi connectivity index (χ2v) is 4.37. The number of halogens is 3. The first-order valence-corrected chi connectivity index (χ1v) is 5.92. The predicted molar refractivity (Wildman–Crippen MR) is 70.3 cm³/mol.